The largest absolute Gasteiger partial charge is 0.269 e. The molecule has 0 N–H and O–H groups in total. The molecule has 3 aromatic carbocycles. The van der Waals surface area contributed by atoms with Crippen molar-refractivity contribution in [3.63, 3.8) is 0 Å². The number of hydrogen-bond acceptors (Lipinski definition) is 4. The van der Waals surface area contributed by atoms with E-state index in [-0.39, 0.29) is 23.0 Å². The maximum absolute atomic E-state index is 13.4. The number of para-hydroxylation sites is 1. The summed E-state index contributed by atoms with van der Waals surface area (Å²) in [4.78, 5) is 44.8. The monoisotopic (exact) mass is 449 g/mol. The van der Waals surface area contributed by atoms with Crippen molar-refractivity contribution in [2.75, 3.05) is 0 Å². The SMILES string of the molecule is O=C1c2ccccc2C(=O)N1Cc1nc2ccccc2c(=O)n1-c1cc(Cl)ccc1Cl. The lowest BCUT2D eigenvalue weighted by Crippen LogP contribution is -2.33. The highest BCUT2D eigenvalue weighted by atomic mass is 35.5. The Labute approximate surface area is 186 Å². The fraction of sp³-hybridized carbons (Fsp3) is 0.0435. The Hall–Kier alpha value is -3.48. The van der Waals surface area contributed by atoms with Gasteiger partial charge in [-0.2, -0.15) is 0 Å². The molecule has 0 unspecified atom stereocenters. The van der Waals surface area contributed by atoms with Gasteiger partial charge in [-0.25, -0.2) is 4.98 Å². The molecule has 0 radical (unpaired) electrons. The molecule has 1 aliphatic rings. The summed E-state index contributed by atoms with van der Waals surface area (Å²) in [6, 6.07) is 18.2. The minimum absolute atomic E-state index is 0.197. The molecular weight excluding hydrogens is 437 g/mol. The third kappa shape index (κ3) is 3.12. The molecule has 5 rings (SSSR count). The summed E-state index contributed by atoms with van der Waals surface area (Å²) in [6.45, 7) is -0.199. The van der Waals surface area contributed by atoms with Crippen LogP contribution in [-0.2, 0) is 6.54 Å². The molecule has 8 heteroatoms. The van der Waals surface area contributed by atoms with Crippen LogP contribution in [0.4, 0.5) is 0 Å². The van der Waals surface area contributed by atoms with E-state index in [9.17, 15) is 14.4 Å². The number of halogens is 2. The first-order chi connectivity index (χ1) is 15.0. The minimum Gasteiger partial charge on any atom is -0.269 e. The number of nitrogens with zero attached hydrogens (tertiary/aromatic N) is 3. The topological polar surface area (TPSA) is 72.3 Å². The summed E-state index contributed by atoms with van der Waals surface area (Å²) in [5.74, 6) is -0.680. The van der Waals surface area contributed by atoms with Crippen molar-refractivity contribution in [1.82, 2.24) is 14.5 Å². The first-order valence-corrected chi connectivity index (χ1v) is 10.1. The quantitative estimate of drug-likeness (QED) is 0.432. The summed E-state index contributed by atoms with van der Waals surface area (Å²) < 4.78 is 1.31. The van der Waals surface area contributed by atoms with Gasteiger partial charge in [-0.1, -0.05) is 47.5 Å². The van der Waals surface area contributed by atoms with Gasteiger partial charge in [0.25, 0.3) is 17.4 Å². The molecule has 0 spiro atoms. The van der Waals surface area contributed by atoms with Gasteiger partial charge in [0.05, 0.1) is 39.3 Å². The van der Waals surface area contributed by atoms with Gasteiger partial charge in [0.15, 0.2) is 0 Å². The van der Waals surface area contributed by atoms with Crippen LogP contribution in [0.2, 0.25) is 10.0 Å². The third-order valence-electron chi connectivity index (χ3n) is 5.17. The summed E-state index contributed by atoms with van der Waals surface area (Å²) in [7, 11) is 0. The molecule has 0 aliphatic carbocycles. The zero-order chi connectivity index (χ0) is 21.7. The van der Waals surface area contributed by atoms with E-state index in [1.54, 1.807) is 66.7 Å². The van der Waals surface area contributed by atoms with Crippen LogP contribution >= 0.6 is 23.2 Å². The van der Waals surface area contributed by atoms with E-state index in [1.165, 1.54) is 4.57 Å². The van der Waals surface area contributed by atoms with Gasteiger partial charge in [-0.15, -0.1) is 0 Å². The van der Waals surface area contributed by atoms with Crippen LogP contribution in [0.5, 0.6) is 0 Å². The van der Waals surface area contributed by atoms with Gasteiger partial charge in [-0.3, -0.25) is 23.9 Å². The normalized spacial score (nSPS) is 13.2. The van der Waals surface area contributed by atoms with Gasteiger partial charge >= 0.3 is 0 Å². The average Bonchev–Trinajstić information content (AvgIpc) is 3.01. The number of fused-ring (bicyclic) bond motifs is 2. The van der Waals surface area contributed by atoms with E-state index in [2.05, 4.69) is 4.98 Å². The molecular formula is C23H13Cl2N3O3. The molecule has 4 aromatic rings. The van der Waals surface area contributed by atoms with Crippen LogP contribution in [0.3, 0.4) is 0 Å². The molecule has 1 aromatic heterocycles. The summed E-state index contributed by atoms with van der Waals surface area (Å²) in [5, 5.41) is 1.04. The highest BCUT2D eigenvalue weighted by Gasteiger charge is 2.36. The first-order valence-electron chi connectivity index (χ1n) is 9.37. The number of benzene rings is 3. The van der Waals surface area contributed by atoms with Gasteiger partial charge in [0.2, 0.25) is 0 Å². The predicted molar refractivity (Wildman–Crippen MR) is 118 cm³/mol. The van der Waals surface area contributed by atoms with E-state index in [4.69, 9.17) is 23.2 Å². The second kappa shape index (κ2) is 7.34. The van der Waals surface area contributed by atoms with Crippen LogP contribution in [-0.4, -0.2) is 26.3 Å². The zero-order valence-corrected chi connectivity index (χ0v) is 17.4. The number of carbonyl (C=O) groups is 2. The van der Waals surface area contributed by atoms with Crippen LogP contribution in [0.25, 0.3) is 16.6 Å². The van der Waals surface area contributed by atoms with E-state index >= 15 is 0 Å². The molecule has 0 atom stereocenters. The van der Waals surface area contributed by atoms with Gasteiger partial charge in [0, 0.05) is 5.02 Å². The minimum atomic E-state index is -0.438. The Kier molecular flexibility index (Phi) is 4.61. The second-order valence-electron chi connectivity index (χ2n) is 7.02. The standard InChI is InChI=1S/C23H13Cl2N3O3/c24-13-9-10-17(25)19(11-13)28-20(26-18-8-4-3-7-16(18)23(28)31)12-27-21(29)14-5-1-2-6-15(14)22(27)30/h1-11H,12H2. The summed E-state index contributed by atoms with van der Waals surface area (Å²) in [5.41, 5.74) is 1.05. The molecule has 0 saturated heterocycles. The van der Waals surface area contributed by atoms with Crippen LogP contribution in [0.1, 0.15) is 26.5 Å². The van der Waals surface area contributed by atoms with Gasteiger partial charge in [0.1, 0.15) is 5.82 Å². The van der Waals surface area contributed by atoms with E-state index in [0.29, 0.717) is 32.7 Å². The lowest BCUT2D eigenvalue weighted by molar-refractivity contribution is 0.0637. The van der Waals surface area contributed by atoms with Crippen molar-refractivity contribution < 1.29 is 9.59 Å². The van der Waals surface area contributed by atoms with Crippen molar-refractivity contribution in [3.05, 3.63) is 104 Å². The number of imide groups is 1. The average molecular weight is 450 g/mol. The van der Waals surface area contributed by atoms with E-state index < -0.39 is 11.8 Å². The van der Waals surface area contributed by atoms with Crippen molar-refractivity contribution in [2.24, 2.45) is 0 Å². The number of hydrogen-bond donors (Lipinski definition) is 0. The molecule has 2 amide bonds. The maximum Gasteiger partial charge on any atom is 0.266 e. The highest BCUT2D eigenvalue weighted by molar-refractivity contribution is 6.34. The molecule has 6 nitrogen and oxygen atoms in total. The third-order valence-corrected chi connectivity index (χ3v) is 5.73. The zero-order valence-electron chi connectivity index (χ0n) is 15.9. The van der Waals surface area contributed by atoms with Crippen molar-refractivity contribution in [1.29, 1.82) is 0 Å². The van der Waals surface area contributed by atoms with Crippen molar-refractivity contribution in [3.8, 4) is 5.69 Å². The Balaban J connectivity index is 1.72. The Bertz CT molecular complexity index is 1430. The van der Waals surface area contributed by atoms with Crippen molar-refractivity contribution in [2.45, 2.75) is 6.54 Å². The number of amides is 2. The molecule has 0 bridgehead atoms. The molecule has 1 aliphatic heterocycles. The molecule has 0 saturated carbocycles. The highest BCUT2D eigenvalue weighted by Crippen LogP contribution is 2.28. The fourth-order valence-electron chi connectivity index (χ4n) is 3.71. The Morgan fingerprint density at radius 3 is 2.16 bits per heavy atom. The van der Waals surface area contributed by atoms with Crippen molar-refractivity contribution >= 4 is 45.9 Å². The van der Waals surface area contributed by atoms with Crippen LogP contribution < -0.4 is 5.56 Å². The van der Waals surface area contributed by atoms with E-state index in [1.807, 2.05) is 0 Å². The number of carbonyl (C=O) groups excluding carboxylic acids is 2. The number of aromatic nitrogens is 2. The number of rotatable bonds is 3. The van der Waals surface area contributed by atoms with Crippen LogP contribution in [0, 0.1) is 0 Å². The first kappa shape index (κ1) is 19.5. The Morgan fingerprint density at radius 1 is 0.806 bits per heavy atom. The molecule has 2 heterocycles. The summed E-state index contributed by atoms with van der Waals surface area (Å²) >= 11 is 12.5. The molecule has 31 heavy (non-hydrogen) atoms. The van der Waals surface area contributed by atoms with Gasteiger partial charge in [-0.05, 0) is 42.5 Å². The lowest BCUT2D eigenvalue weighted by atomic mass is 10.1. The lowest BCUT2D eigenvalue weighted by Gasteiger charge is -2.19. The maximum atomic E-state index is 13.4. The fourth-order valence-corrected chi connectivity index (χ4v) is 4.08. The smallest absolute Gasteiger partial charge is 0.266 e. The predicted octanol–water partition coefficient (Wildman–Crippen LogP) is 4.49. The Morgan fingerprint density at radius 2 is 1.45 bits per heavy atom. The van der Waals surface area contributed by atoms with Crippen LogP contribution in [0.15, 0.2) is 71.5 Å². The molecule has 152 valence electrons. The molecule has 0 fully saturated rings. The van der Waals surface area contributed by atoms with E-state index in [0.717, 1.165) is 4.90 Å². The second-order valence-corrected chi connectivity index (χ2v) is 7.87. The summed E-state index contributed by atoms with van der Waals surface area (Å²) in [6.07, 6.45) is 0. The van der Waals surface area contributed by atoms with Gasteiger partial charge < -0.3 is 0 Å².